The first-order valence-electron chi connectivity index (χ1n) is 6.21. The summed E-state index contributed by atoms with van der Waals surface area (Å²) in [5, 5.41) is 14.7. The molecule has 1 fully saturated rings. The molecule has 1 aliphatic rings. The Morgan fingerprint density at radius 3 is 2.81 bits per heavy atom. The number of pyridine rings is 1. The van der Waals surface area contributed by atoms with Crippen LogP contribution in [0.3, 0.4) is 0 Å². The van der Waals surface area contributed by atoms with Crippen LogP contribution in [-0.4, -0.2) is 47.5 Å². The molecule has 2 heterocycles. The van der Waals surface area contributed by atoms with E-state index < -0.39 is 24.9 Å². The zero-order valence-electron chi connectivity index (χ0n) is 10.9. The van der Waals surface area contributed by atoms with Gasteiger partial charge >= 0.3 is 6.18 Å². The average molecular weight is 305 g/mol. The van der Waals surface area contributed by atoms with Crippen molar-refractivity contribution in [3.8, 4) is 5.88 Å². The van der Waals surface area contributed by atoms with Crippen LogP contribution < -0.4 is 15.4 Å². The van der Waals surface area contributed by atoms with E-state index in [9.17, 15) is 23.1 Å². The minimum atomic E-state index is -4.43. The summed E-state index contributed by atoms with van der Waals surface area (Å²) >= 11 is 0. The van der Waals surface area contributed by atoms with Crippen molar-refractivity contribution in [3.05, 3.63) is 18.3 Å². The van der Waals surface area contributed by atoms with Gasteiger partial charge in [0, 0.05) is 12.6 Å². The summed E-state index contributed by atoms with van der Waals surface area (Å²) in [6.45, 7) is -1.07. The van der Waals surface area contributed by atoms with Gasteiger partial charge in [-0.2, -0.15) is 13.2 Å². The van der Waals surface area contributed by atoms with Gasteiger partial charge < -0.3 is 20.5 Å². The molecule has 0 bridgehead atoms. The van der Waals surface area contributed by atoms with Crippen LogP contribution >= 0.6 is 0 Å². The van der Waals surface area contributed by atoms with E-state index in [0.717, 1.165) is 0 Å². The SMILES string of the molecule is O=C(Nc1ccc(OCC(F)(F)F)nc1)[C@@H]1C[C@@H](O)CN1. The van der Waals surface area contributed by atoms with E-state index in [-0.39, 0.29) is 11.8 Å². The van der Waals surface area contributed by atoms with Gasteiger partial charge in [-0.15, -0.1) is 0 Å². The molecule has 0 aliphatic carbocycles. The monoisotopic (exact) mass is 305 g/mol. The summed E-state index contributed by atoms with van der Waals surface area (Å²) in [4.78, 5) is 15.5. The molecular formula is C12H14F3N3O3. The molecule has 0 aromatic carbocycles. The summed E-state index contributed by atoms with van der Waals surface area (Å²) < 4.78 is 40.3. The Morgan fingerprint density at radius 1 is 1.52 bits per heavy atom. The highest BCUT2D eigenvalue weighted by molar-refractivity contribution is 5.94. The number of rotatable bonds is 4. The molecule has 6 nitrogen and oxygen atoms in total. The van der Waals surface area contributed by atoms with Crippen molar-refractivity contribution in [2.75, 3.05) is 18.5 Å². The minimum absolute atomic E-state index is 0.181. The molecule has 0 radical (unpaired) electrons. The maximum atomic E-state index is 12.0. The van der Waals surface area contributed by atoms with Gasteiger partial charge in [0.25, 0.3) is 0 Å². The van der Waals surface area contributed by atoms with Gasteiger partial charge in [0.15, 0.2) is 6.61 Å². The van der Waals surface area contributed by atoms with Crippen molar-refractivity contribution < 1.29 is 27.8 Å². The molecule has 0 saturated carbocycles. The van der Waals surface area contributed by atoms with E-state index in [2.05, 4.69) is 20.4 Å². The van der Waals surface area contributed by atoms with Crippen LogP contribution in [0.15, 0.2) is 18.3 Å². The van der Waals surface area contributed by atoms with Crippen LogP contribution in [-0.2, 0) is 4.79 Å². The Bertz CT molecular complexity index is 493. The molecule has 1 aliphatic heterocycles. The van der Waals surface area contributed by atoms with E-state index in [1.165, 1.54) is 18.3 Å². The number of hydrogen-bond acceptors (Lipinski definition) is 5. The highest BCUT2D eigenvalue weighted by Crippen LogP contribution is 2.18. The second-order valence-corrected chi connectivity index (χ2v) is 4.63. The first-order chi connectivity index (χ1) is 9.83. The van der Waals surface area contributed by atoms with Crippen molar-refractivity contribution in [2.45, 2.75) is 24.7 Å². The number of carbonyl (C=O) groups excluding carboxylic acids is 1. The molecule has 3 N–H and O–H groups in total. The molecular weight excluding hydrogens is 291 g/mol. The van der Waals surface area contributed by atoms with Crippen LogP contribution in [0, 0.1) is 0 Å². The number of β-amino-alcohol motifs (C(OH)–C–C–N with tert-alkyl or cyclic N) is 1. The second-order valence-electron chi connectivity index (χ2n) is 4.63. The molecule has 116 valence electrons. The summed E-state index contributed by atoms with van der Waals surface area (Å²) in [6, 6.07) is 2.13. The van der Waals surface area contributed by atoms with Crippen LogP contribution in [0.1, 0.15) is 6.42 Å². The maximum absolute atomic E-state index is 12.0. The predicted molar refractivity (Wildman–Crippen MR) is 66.8 cm³/mol. The number of nitrogens with one attached hydrogen (secondary N) is 2. The second kappa shape index (κ2) is 6.27. The Hall–Kier alpha value is -1.87. The van der Waals surface area contributed by atoms with Crippen LogP contribution in [0.4, 0.5) is 18.9 Å². The molecule has 9 heteroatoms. The molecule has 1 aromatic rings. The number of nitrogens with zero attached hydrogens (tertiary/aromatic N) is 1. The fourth-order valence-electron chi connectivity index (χ4n) is 1.84. The fraction of sp³-hybridized carbons (Fsp3) is 0.500. The van der Waals surface area contributed by atoms with Crippen molar-refractivity contribution in [1.29, 1.82) is 0 Å². The quantitative estimate of drug-likeness (QED) is 0.762. The Kier molecular flexibility index (Phi) is 4.63. The van der Waals surface area contributed by atoms with E-state index in [1.807, 2.05) is 0 Å². The lowest BCUT2D eigenvalue weighted by Crippen LogP contribution is -2.35. The number of anilines is 1. The van der Waals surface area contributed by atoms with Crippen LogP contribution in [0.5, 0.6) is 5.88 Å². The summed E-state index contributed by atoms with van der Waals surface area (Å²) in [5.41, 5.74) is 0.336. The number of hydrogen-bond donors (Lipinski definition) is 3. The topological polar surface area (TPSA) is 83.5 Å². The van der Waals surface area contributed by atoms with E-state index in [0.29, 0.717) is 18.7 Å². The number of carbonyl (C=O) groups is 1. The van der Waals surface area contributed by atoms with Crippen molar-refractivity contribution >= 4 is 11.6 Å². The van der Waals surface area contributed by atoms with Crippen molar-refractivity contribution in [1.82, 2.24) is 10.3 Å². The highest BCUT2D eigenvalue weighted by Gasteiger charge is 2.29. The number of halogens is 3. The first-order valence-corrected chi connectivity index (χ1v) is 6.21. The molecule has 1 saturated heterocycles. The number of ether oxygens (including phenoxy) is 1. The van der Waals surface area contributed by atoms with Crippen LogP contribution in [0.2, 0.25) is 0 Å². The van der Waals surface area contributed by atoms with Gasteiger partial charge in [0.05, 0.1) is 24.0 Å². The smallest absolute Gasteiger partial charge is 0.422 e. The fourth-order valence-corrected chi connectivity index (χ4v) is 1.84. The van der Waals surface area contributed by atoms with Gasteiger partial charge in [-0.1, -0.05) is 0 Å². The van der Waals surface area contributed by atoms with Crippen molar-refractivity contribution in [3.63, 3.8) is 0 Å². The number of alkyl halides is 3. The number of aliphatic hydroxyl groups excluding tert-OH is 1. The summed E-state index contributed by atoms with van der Waals surface area (Å²) in [6.07, 6.45) is -3.47. The lowest BCUT2D eigenvalue weighted by atomic mass is 10.2. The first kappa shape index (κ1) is 15.5. The summed E-state index contributed by atoms with van der Waals surface area (Å²) in [7, 11) is 0. The predicted octanol–water partition coefficient (Wildman–Crippen LogP) is 0.684. The molecule has 2 atom stereocenters. The van der Waals surface area contributed by atoms with Crippen molar-refractivity contribution in [2.24, 2.45) is 0 Å². The van der Waals surface area contributed by atoms with Gasteiger partial charge in [-0.25, -0.2) is 4.98 Å². The van der Waals surface area contributed by atoms with E-state index in [1.54, 1.807) is 0 Å². The Balaban J connectivity index is 1.86. The molecule has 2 rings (SSSR count). The van der Waals surface area contributed by atoms with E-state index >= 15 is 0 Å². The highest BCUT2D eigenvalue weighted by atomic mass is 19.4. The lowest BCUT2D eigenvalue weighted by Gasteiger charge is -2.11. The molecule has 1 amide bonds. The van der Waals surface area contributed by atoms with Gasteiger partial charge in [-0.3, -0.25) is 4.79 Å². The minimum Gasteiger partial charge on any atom is -0.468 e. The third kappa shape index (κ3) is 4.87. The zero-order valence-corrected chi connectivity index (χ0v) is 10.9. The Labute approximate surface area is 118 Å². The van der Waals surface area contributed by atoms with Crippen LogP contribution in [0.25, 0.3) is 0 Å². The molecule has 0 unspecified atom stereocenters. The van der Waals surface area contributed by atoms with Gasteiger partial charge in [0.2, 0.25) is 11.8 Å². The molecule has 1 aromatic heterocycles. The molecule has 21 heavy (non-hydrogen) atoms. The third-order valence-electron chi connectivity index (χ3n) is 2.81. The van der Waals surface area contributed by atoms with E-state index in [4.69, 9.17) is 0 Å². The largest absolute Gasteiger partial charge is 0.468 e. The zero-order chi connectivity index (χ0) is 15.5. The standard InChI is InChI=1S/C12H14F3N3O3/c13-12(14,15)6-21-10-2-1-7(4-17-10)18-11(20)9-3-8(19)5-16-9/h1-2,4,8-9,16,19H,3,5-6H2,(H,18,20)/t8-,9+/m1/s1. The van der Waals surface area contributed by atoms with Gasteiger partial charge in [0.1, 0.15) is 0 Å². The summed E-state index contributed by atoms with van der Waals surface area (Å²) in [5.74, 6) is -0.517. The van der Waals surface area contributed by atoms with Gasteiger partial charge in [-0.05, 0) is 12.5 Å². The average Bonchev–Trinajstić information content (AvgIpc) is 2.84. The normalized spacial score (nSPS) is 22.1. The Morgan fingerprint density at radius 2 is 2.29 bits per heavy atom. The third-order valence-corrected chi connectivity index (χ3v) is 2.81. The number of aliphatic hydroxyl groups is 1. The number of aromatic nitrogens is 1. The maximum Gasteiger partial charge on any atom is 0.422 e. The molecule has 0 spiro atoms. The number of amides is 1. The lowest BCUT2D eigenvalue weighted by molar-refractivity contribution is -0.154.